The van der Waals surface area contributed by atoms with Gasteiger partial charge in [-0.2, -0.15) is 0 Å². The monoisotopic (exact) mass is 364 g/mol. The fourth-order valence-corrected chi connectivity index (χ4v) is 2.26. The van der Waals surface area contributed by atoms with Crippen molar-refractivity contribution in [1.82, 2.24) is 15.2 Å². The van der Waals surface area contributed by atoms with Gasteiger partial charge in [-0.05, 0) is 31.6 Å². The molecular weight excluding hydrogens is 336 g/mol. The highest BCUT2D eigenvalue weighted by Gasteiger charge is 2.21. The Morgan fingerprint density at radius 1 is 1.08 bits per heavy atom. The molecule has 0 bridgehead atoms. The van der Waals surface area contributed by atoms with Crippen molar-refractivity contribution >= 4 is 28.6 Å². The molecule has 1 heterocycles. The zero-order chi connectivity index (χ0) is 20.1. The second kappa shape index (κ2) is 12.5. The fraction of sp³-hybridized carbons (Fsp3) is 0.353. The van der Waals surface area contributed by atoms with Gasteiger partial charge in [0.15, 0.2) is 0 Å². The van der Waals surface area contributed by atoms with Crippen LogP contribution in [0.5, 0.6) is 0 Å². The van der Waals surface area contributed by atoms with Crippen LogP contribution in [0.25, 0.3) is 10.9 Å². The number of fused-ring (bicyclic) bond motifs is 1. The van der Waals surface area contributed by atoms with Crippen LogP contribution in [-0.2, 0) is 20.9 Å². The molecule has 1 aromatic heterocycles. The van der Waals surface area contributed by atoms with E-state index in [1.807, 2.05) is 30.3 Å². The minimum atomic E-state index is -0.961. The molecule has 0 aliphatic rings. The smallest absolute Gasteiger partial charge is 0.242 e. The standard InChI is InChI=1S/C15H18N4O3.2CH5N/c1-17-15(22)11(8-13(16)20)18-14(21)9-19-7-6-10-4-2-3-5-12(10)19;2*1-2/h2-7,11H,8-9H2,1H3,(H2,16,20)(H,17,22)(H,18,21);2*2H2,1H3/t11-;;/m0../s1. The van der Waals surface area contributed by atoms with Crippen molar-refractivity contribution in [3.05, 3.63) is 36.5 Å². The molecule has 1 aromatic carbocycles. The summed E-state index contributed by atoms with van der Waals surface area (Å²) in [5.41, 5.74) is 15.0. The first-order chi connectivity index (χ1) is 12.5. The van der Waals surface area contributed by atoms with E-state index in [-0.39, 0.29) is 18.9 Å². The Kier molecular flexibility index (Phi) is 11.1. The molecule has 0 radical (unpaired) electrons. The van der Waals surface area contributed by atoms with Gasteiger partial charge < -0.3 is 32.4 Å². The second-order valence-electron chi connectivity index (χ2n) is 4.91. The van der Waals surface area contributed by atoms with Crippen LogP contribution >= 0.6 is 0 Å². The SMILES string of the molecule is CN.CN.CNC(=O)[C@H](CC(N)=O)NC(=O)Cn1ccc2ccccc21. The van der Waals surface area contributed by atoms with Gasteiger partial charge in [0, 0.05) is 18.8 Å². The number of nitrogens with two attached hydrogens (primary N) is 3. The lowest BCUT2D eigenvalue weighted by molar-refractivity contribution is -0.131. The molecule has 1 atom stereocenters. The molecule has 0 saturated heterocycles. The van der Waals surface area contributed by atoms with Crippen molar-refractivity contribution in [2.45, 2.75) is 19.0 Å². The Labute approximate surface area is 152 Å². The number of carbonyl (C=O) groups excluding carboxylic acids is 3. The maximum Gasteiger partial charge on any atom is 0.242 e. The first-order valence-corrected chi connectivity index (χ1v) is 8.00. The van der Waals surface area contributed by atoms with Gasteiger partial charge in [-0.25, -0.2) is 0 Å². The summed E-state index contributed by atoms with van der Waals surface area (Å²) in [6.45, 7) is 0.0553. The Morgan fingerprint density at radius 3 is 2.27 bits per heavy atom. The van der Waals surface area contributed by atoms with Gasteiger partial charge in [0.05, 0.1) is 6.42 Å². The number of amides is 3. The minimum Gasteiger partial charge on any atom is -0.370 e. The topological polar surface area (TPSA) is 158 Å². The van der Waals surface area contributed by atoms with Crippen LogP contribution in [0.4, 0.5) is 0 Å². The van der Waals surface area contributed by atoms with Crippen LogP contribution in [0.2, 0.25) is 0 Å². The Hall–Kier alpha value is -2.91. The van der Waals surface area contributed by atoms with Crippen LogP contribution in [-0.4, -0.2) is 49.5 Å². The third-order valence-corrected chi connectivity index (χ3v) is 3.30. The lowest BCUT2D eigenvalue weighted by atomic mass is 10.2. The predicted molar refractivity (Wildman–Crippen MR) is 102 cm³/mol. The van der Waals surface area contributed by atoms with Gasteiger partial charge in [-0.3, -0.25) is 14.4 Å². The number of hydrogen-bond acceptors (Lipinski definition) is 5. The molecule has 0 unspecified atom stereocenters. The molecule has 9 heteroatoms. The molecule has 0 aliphatic heterocycles. The quantitative estimate of drug-likeness (QED) is 0.439. The number of carbonyl (C=O) groups is 3. The average Bonchev–Trinajstić information content (AvgIpc) is 3.06. The van der Waals surface area contributed by atoms with Gasteiger partial charge in [0.25, 0.3) is 0 Å². The number of primary amides is 1. The zero-order valence-electron chi connectivity index (χ0n) is 15.4. The van der Waals surface area contributed by atoms with Crippen molar-refractivity contribution in [3.63, 3.8) is 0 Å². The lowest BCUT2D eigenvalue weighted by Gasteiger charge is -2.16. The van der Waals surface area contributed by atoms with Gasteiger partial charge in [-0.15, -0.1) is 0 Å². The third-order valence-electron chi connectivity index (χ3n) is 3.30. The first kappa shape index (κ1) is 23.1. The van der Waals surface area contributed by atoms with Gasteiger partial charge >= 0.3 is 0 Å². The van der Waals surface area contributed by atoms with Crippen LogP contribution in [0.3, 0.4) is 0 Å². The number of benzene rings is 1. The molecule has 3 amide bonds. The molecule has 0 spiro atoms. The number of nitrogens with one attached hydrogen (secondary N) is 2. The van der Waals surface area contributed by atoms with E-state index in [1.54, 1.807) is 10.8 Å². The minimum absolute atomic E-state index is 0.0553. The highest BCUT2D eigenvalue weighted by atomic mass is 16.2. The number of aromatic nitrogens is 1. The zero-order valence-corrected chi connectivity index (χ0v) is 15.4. The summed E-state index contributed by atoms with van der Waals surface area (Å²) < 4.78 is 1.77. The summed E-state index contributed by atoms with van der Waals surface area (Å²) in [6.07, 6.45) is 1.56. The maximum atomic E-state index is 12.1. The van der Waals surface area contributed by atoms with Gasteiger partial charge in [0.1, 0.15) is 12.6 Å². The predicted octanol–water partition coefficient (Wildman–Crippen LogP) is -1.10. The van der Waals surface area contributed by atoms with E-state index in [9.17, 15) is 14.4 Å². The molecule has 8 N–H and O–H groups in total. The van der Waals surface area contributed by atoms with Crippen LogP contribution < -0.4 is 27.8 Å². The van der Waals surface area contributed by atoms with E-state index in [1.165, 1.54) is 21.1 Å². The van der Waals surface area contributed by atoms with E-state index in [0.717, 1.165) is 10.9 Å². The number of nitrogens with zero attached hydrogens (tertiary/aromatic N) is 1. The molecule has 2 aromatic rings. The molecule has 2 rings (SSSR count). The van der Waals surface area contributed by atoms with Crippen molar-refractivity contribution in [2.75, 3.05) is 21.1 Å². The number of rotatable bonds is 6. The molecule has 0 aliphatic carbocycles. The normalized spacial score (nSPS) is 10.5. The van der Waals surface area contributed by atoms with Crippen molar-refractivity contribution < 1.29 is 14.4 Å². The Balaban J connectivity index is 0.00000146. The van der Waals surface area contributed by atoms with Gasteiger partial charge in [-0.1, -0.05) is 18.2 Å². The molecular formula is C17H28N6O3. The molecule has 144 valence electrons. The summed E-state index contributed by atoms with van der Waals surface area (Å²) in [7, 11) is 4.43. The van der Waals surface area contributed by atoms with Crippen molar-refractivity contribution in [1.29, 1.82) is 0 Å². The fourth-order valence-electron chi connectivity index (χ4n) is 2.26. The summed E-state index contributed by atoms with van der Waals surface area (Å²) in [5.74, 6) is -1.47. The largest absolute Gasteiger partial charge is 0.370 e. The summed E-state index contributed by atoms with van der Waals surface area (Å²) in [4.78, 5) is 34.7. The van der Waals surface area contributed by atoms with Crippen LogP contribution in [0, 0.1) is 0 Å². The highest BCUT2D eigenvalue weighted by Crippen LogP contribution is 2.14. The lowest BCUT2D eigenvalue weighted by Crippen LogP contribution is -2.48. The molecule has 26 heavy (non-hydrogen) atoms. The summed E-state index contributed by atoms with van der Waals surface area (Å²) in [6, 6.07) is 8.60. The van der Waals surface area contributed by atoms with Crippen LogP contribution in [0.15, 0.2) is 36.5 Å². The van der Waals surface area contributed by atoms with E-state index < -0.39 is 17.9 Å². The highest BCUT2D eigenvalue weighted by molar-refractivity contribution is 5.92. The van der Waals surface area contributed by atoms with E-state index in [0.29, 0.717) is 0 Å². The summed E-state index contributed by atoms with van der Waals surface area (Å²) >= 11 is 0. The summed E-state index contributed by atoms with van der Waals surface area (Å²) in [5, 5.41) is 5.95. The van der Waals surface area contributed by atoms with Crippen molar-refractivity contribution in [3.8, 4) is 0 Å². The van der Waals surface area contributed by atoms with E-state index in [2.05, 4.69) is 22.1 Å². The molecule has 0 saturated carbocycles. The molecule has 0 fully saturated rings. The number of likely N-dealkylation sites (N-methyl/N-ethyl adjacent to an activating group) is 1. The number of hydrogen-bond donors (Lipinski definition) is 5. The van der Waals surface area contributed by atoms with E-state index in [4.69, 9.17) is 5.73 Å². The van der Waals surface area contributed by atoms with Gasteiger partial charge in [0.2, 0.25) is 17.7 Å². The molecule has 9 nitrogen and oxygen atoms in total. The number of para-hydroxylation sites is 1. The average molecular weight is 364 g/mol. The third kappa shape index (κ3) is 6.91. The Bertz CT molecular complexity index is 713. The first-order valence-electron chi connectivity index (χ1n) is 8.00. The van der Waals surface area contributed by atoms with E-state index >= 15 is 0 Å². The maximum absolute atomic E-state index is 12.1. The van der Waals surface area contributed by atoms with Crippen molar-refractivity contribution in [2.24, 2.45) is 17.2 Å². The second-order valence-corrected chi connectivity index (χ2v) is 4.91. The van der Waals surface area contributed by atoms with Crippen LogP contribution in [0.1, 0.15) is 6.42 Å². The Morgan fingerprint density at radius 2 is 1.69 bits per heavy atom.